The third-order valence-corrected chi connectivity index (χ3v) is 5.03. The topological polar surface area (TPSA) is 29.1 Å². The first-order valence-corrected chi connectivity index (χ1v) is 6.56. The van der Waals surface area contributed by atoms with Crippen molar-refractivity contribution in [3.8, 4) is 0 Å². The lowest BCUT2D eigenvalue weighted by Gasteiger charge is -2.20. The summed E-state index contributed by atoms with van der Waals surface area (Å²) in [5.41, 5.74) is 0.591. The van der Waals surface area contributed by atoms with Crippen LogP contribution >= 0.6 is 58.2 Å². The first kappa shape index (κ1) is 12.7. The molecule has 1 aromatic carbocycles. The normalized spacial score (nSPS) is 24.6. The number of benzene rings is 1. The molecule has 1 atom stereocenters. The van der Waals surface area contributed by atoms with Gasteiger partial charge in [0.25, 0.3) is 5.24 Å². The zero-order chi connectivity index (χ0) is 11.9. The minimum Gasteiger partial charge on any atom is -0.344 e. The zero-order valence-corrected chi connectivity index (χ0v) is 11.5. The summed E-state index contributed by atoms with van der Waals surface area (Å²) in [5.74, 6) is 0. The Balaban J connectivity index is 2.49. The number of rotatable bonds is 1. The predicted molar refractivity (Wildman–Crippen MR) is 70.0 cm³/mol. The van der Waals surface area contributed by atoms with Gasteiger partial charge in [0.15, 0.2) is 0 Å². The number of thioether (sulfide) groups is 1. The van der Waals surface area contributed by atoms with Crippen LogP contribution in [0.25, 0.3) is 0 Å². The molecule has 1 N–H and O–H groups in total. The van der Waals surface area contributed by atoms with E-state index in [-0.39, 0.29) is 15.3 Å². The van der Waals surface area contributed by atoms with Crippen molar-refractivity contribution < 1.29 is 4.79 Å². The lowest BCUT2D eigenvalue weighted by atomic mass is 10.1. The number of amides is 1. The quantitative estimate of drug-likeness (QED) is 0.610. The standard InChI is InChI=1S/C9H5Cl4NOS/c10-5-2-1-4(6(11)7(5)12)9(13)3-14-8(15)16-9/h1-2H,3H2,(H,14,15). The van der Waals surface area contributed by atoms with Crippen LogP contribution in [-0.2, 0) is 4.21 Å². The van der Waals surface area contributed by atoms with E-state index in [0.29, 0.717) is 17.1 Å². The summed E-state index contributed by atoms with van der Waals surface area (Å²) in [5, 5.41) is 3.34. The van der Waals surface area contributed by atoms with E-state index in [2.05, 4.69) is 5.32 Å². The van der Waals surface area contributed by atoms with Crippen LogP contribution in [0.4, 0.5) is 4.79 Å². The van der Waals surface area contributed by atoms with Gasteiger partial charge in [0.2, 0.25) is 0 Å². The maximum atomic E-state index is 11.2. The maximum Gasteiger partial charge on any atom is 0.281 e. The Morgan fingerprint density at radius 1 is 1.25 bits per heavy atom. The molecule has 0 aliphatic carbocycles. The Labute approximate surface area is 117 Å². The van der Waals surface area contributed by atoms with Crippen LogP contribution in [0.1, 0.15) is 5.56 Å². The fraction of sp³-hybridized carbons (Fsp3) is 0.222. The molecule has 0 aromatic heterocycles. The largest absolute Gasteiger partial charge is 0.344 e. The van der Waals surface area contributed by atoms with E-state index < -0.39 is 4.21 Å². The van der Waals surface area contributed by atoms with Gasteiger partial charge in [-0.3, -0.25) is 4.79 Å². The Morgan fingerprint density at radius 2 is 1.94 bits per heavy atom. The van der Waals surface area contributed by atoms with Gasteiger partial charge in [0.05, 0.1) is 21.6 Å². The lowest BCUT2D eigenvalue weighted by Crippen LogP contribution is -2.21. The molecular formula is C9H5Cl4NOS. The van der Waals surface area contributed by atoms with Gasteiger partial charge in [0.1, 0.15) is 4.21 Å². The monoisotopic (exact) mass is 315 g/mol. The Bertz CT molecular complexity index is 467. The van der Waals surface area contributed by atoms with Crippen molar-refractivity contribution in [1.29, 1.82) is 0 Å². The number of nitrogens with one attached hydrogen (secondary N) is 1. The third kappa shape index (κ3) is 2.12. The van der Waals surface area contributed by atoms with Crippen molar-refractivity contribution in [3.05, 3.63) is 32.8 Å². The van der Waals surface area contributed by atoms with E-state index in [1.165, 1.54) is 0 Å². The highest BCUT2D eigenvalue weighted by Crippen LogP contribution is 2.49. The predicted octanol–water partition coefficient (Wildman–Crippen LogP) is 4.49. The first-order chi connectivity index (χ1) is 7.44. The number of carbonyl (C=O) groups excluding carboxylic acids is 1. The van der Waals surface area contributed by atoms with E-state index in [0.717, 1.165) is 11.8 Å². The minimum absolute atomic E-state index is 0.183. The van der Waals surface area contributed by atoms with Crippen LogP contribution in [0, 0.1) is 0 Å². The molecule has 1 saturated heterocycles. The molecule has 0 spiro atoms. The van der Waals surface area contributed by atoms with Crippen LogP contribution in [0.15, 0.2) is 12.1 Å². The molecule has 2 nitrogen and oxygen atoms in total. The Morgan fingerprint density at radius 3 is 2.50 bits per heavy atom. The van der Waals surface area contributed by atoms with Crippen LogP contribution in [-0.4, -0.2) is 11.8 Å². The highest BCUT2D eigenvalue weighted by molar-refractivity contribution is 8.15. The number of alkyl halides is 1. The van der Waals surface area contributed by atoms with E-state index in [1.54, 1.807) is 12.1 Å². The first-order valence-electron chi connectivity index (χ1n) is 4.24. The Kier molecular flexibility index (Phi) is 3.53. The van der Waals surface area contributed by atoms with Crippen molar-refractivity contribution in [2.45, 2.75) is 4.21 Å². The molecule has 1 fully saturated rings. The molecule has 1 amide bonds. The molecule has 7 heteroatoms. The molecule has 16 heavy (non-hydrogen) atoms. The Hall–Kier alpha value is 0.200. The average molecular weight is 317 g/mol. The van der Waals surface area contributed by atoms with E-state index in [9.17, 15) is 4.79 Å². The summed E-state index contributed by atoms with van der Waals surface area (Å²) < 4.78 is -0.914. The number of carbonyl (C=O) groups is 1. The van der Waals surface area contributed by atoms with Gasteiger partial charge in [-0.05, 0) is 17.8 Å². The molecule has 0 bridgehead atoms. The van der Waals surface area contributed by atoms with Gasteiger partial charge in [-0.25, -0.2) is 0 Å². The number of hydrogen-bond donors (Lipinski definition) is 1. The summed E-state index contributed by atoms with van der Waals surface area (Å²) >= 11 is 25.1. The van der Waals surface area contributed by atoms with Gasteiger partial charge in [-0.15, -0.1) is 0 Å². The molecule has 86 valence electrons. The van der Waals surface area contributed by atoms with E-state index >= 15 is 0 Å². The molecule has 1 unspecified atom stereocenters. The molecular weight excluding hydrogens is 312 g/mol. The molecule has 1 aliphatic heterocycles. The van der Waals surface area contributed by atoms with Gasteiger partial charge < -0.3 is 5.32 Å². The molecule has 0 saturated carbocycles. The summed E-state index contributed by atoms with van der Waals surface area (Å²) in [6, 6.07) is 3.29. The highest BCUT2D eigenvalue weighted by Gasteiger charge is 2.41. The van der Waals surface area contributed by atoms with Crippen molar-refractivity contribution >= 4 is 63.4 Å². The van der Waals surface area contributed by atoms with Crippen LogP contribution in [0.3, 0.4) is 0 Å². The summed E-state index contributed by atoms with van der Waals surface area (Å²) in [6.45, 7) is 0.301. The van der Waals surface area contributed by atoms with Crippen molar-refractivity contribution in [2.24, 2.45) is 0 Å². The molecule has 2 rings (SSSR count). The lowest BCUT2D eigenvalue weighted by molar-refractivity contribution is 0.262. The zero-order valence-electron chi connectivity index (χ0n) is 7.69. The van der Waals surface area contributed by atoms with Crippen molar-refractivity contribution in [2.75, 3.05) is 6.54 Å². The minimum atomic E-state index is -0.914. The van der Waals surface area contributed by atoms with Gasteiger partial charge >= 0.3 is 0 Å². The molecule has 0 radical (unpaired) electrons. The molecule has 1 aromatic rings. The van der Waals surface area contributed by atoms with E-state index in [4.69, 9.17) is 46.4 Å². The van der Waals surface area contributed by atoms with Gasteiger partial charge in [-0.1, -0.05) is 52.5 Å². The second-order valence-corrected chi connectivity index (χ2v) is 6.50. The number of halogens is 4. The van der Waals surface area contributed by atoms with Crippen LogP contribution < -0.4 is 5.32 Å². The average Bonchev–Trinajstić information content (AvgIpc) is 2.56. The van der Waals surface area contributed by atoms with Crippen molar-refractivity contribution in [1.82, 2.24) is 5.32 Å². The highest BCUT2D eigenvalue weighted by atomic mass is 35.5. The fourth-order valence-electron chi connectivity index (χ4n) is 1.37. The SMILES string of the molecule is O=C1NCC(Cl)(c2ccc(Cl)c(Cl)c2Cl)S1. The second kappa shape index (κ2) is 4.46. The summed E-state index contributed by atoms with van der Waals surface area (Å²) in [7, 11) is 0. The fourth-order valence-corrected chi connectivity index (χ4v) is 3.47. The molecule has 1 heterocycles. The van der Waals surface area contributed by atoms with Gasteiger partial charge in [-0.2, -0.15) is 0 Å². The summed E-state index contributed by atoms with van der Waals surface area (Å²) in [4.78, 5) is 11.2. The van der Waals surface area contributed by atoms with Crippen LogP contribution in [0.5, 0.6) is 0 Å². The third-order valence-electron chi connectivity index (χ3n) is 2.15. The van der Waals surface area contributed by atoms with Gasteiger partial charge in [0, 0.05) is 5.56 Å². The molecule has 1 aliphatic rings. The van der Waals surface area contributed by atoms with E-state index in [1.807, 2.05) is 0 Å². The number of hydrogen-bond acceptors (Lipinski definition) is 2. The van der Waals surface area contributed by atoms with Crippen LogP contribution in [0.2, 0.25) is 15.1 Å². The maximum absolute atomic E-state index is 11.2. The smallest absolute Gasteiger partial charge is 0.281 e. The second-order valence-electron chi connectivity index (χ2n) is 3.19. The van der Waals surface area contributed by atoms with Crippen molar-refractivity contribution in [3.63, 3.8) is 0 Å². The summed E-state index contributed by atoms with van der Waals surface area (Å²) in [6.07, 6.45) is 0.